The number of nitrogens with zero attached hydrogens (tertiary/aromatic N) is 1. The van der Waals surface area contributed by atoms with Crippen LogP contribution in [0.3, 0.4) is 0 Å². The molecular weight excluding hydrogens is 386 g/mol. The quantitative estimate of drug-likeness (QED) is 0.320. The van der Waals surface area contributed by atoms with E-state index in [4.69, 9.17) is 0 Å². The Balaban J connectivity index is 1.71. The van der Waals surface area contributed by atoms with Crippen molar-refractivity contribution in [3.63, 3.8) is 0 Å². The minimum Gasteiger partial charge on any atom is -0.468 e. The SMILES string of the molecule is COC(=O)C(Br)CCCCN1C(=O)c2cccc3cccc(c23)C1=O. The molecule has 0 aliphatic carbocycles. The first-order chi connectivity index (χ1) is 12.0. The fourth-order valence-electron chi connectivity index (χ4n) is 3.12. The van der Waals surface area contributed by atoms with E-state index in [1.54, 1.807) is 12.1 Å². The summed E-state index contributed by atoms with van der Waals surface area (Å²) in [7, 11) is 1.35. The summed E-state index contributed by atoms with van der Waals surface area (Å²) < 4.78 is 4.66. The average Bonchev–Trinajstić information content (AvgIpc) is 2.64. The maximum Gasteiger partial charge on any atom is 0.319 e. The van der Waals surface area contributed by atoms with E-state index in [1.807, 2.05) is 24.3 Å². The third kappa shape index (κ3) is 3.31. The summed E-state index contributed by atoms with van der Waals surface area (Å²) >= 11 is 3.27. The molecule has 0 N–H and O–H groups in total. The fourth-order valence-corrected chi connectivity index (χ4v) is 3.63. The number of esters is 1. The molecule has 2 aromatic rings. The molecule has 5 nitrogen and oxygen atoms in total. The van der Waals surface area contributed by atoms with Crippen molar-refractivity contribution in [2.45, 2.75) is 24.1 Å². The maximum atomic E-state index is 12.7. The number of methoxy groups -OCH3 is 1. The van der Waals surface area contributed by atoms with Crippen molar-refractivity contribution in [1.82, 2.24) is 4.90 Å². The van der Waals surface area contributed by atoms with Crippen molar-refractivity contribution in [2.75, 3.05) is 13.7 Å². The highest BCUT2D eigenvalue weighted by atomic mass is 79.9. The number of halogens is 1. The van der Waals surface area contributed by atoms with Gasteiger partial charge in [0.05, 0.1) is 7.11 Å². The van der Waals surface area contributed by atoms with E-state index in [-0.39, 0.29) is 22.6 Å². The monoisotopic (exact) mass is 403 g/mol. The number of amides is 2. The molecule has 0 bridgehead atoms. The standard InChI is InChI=1S/C19H18BrNO4/c1-25-19(24)15(20)10-2-3-11-21-17(22)13-8-4-6-12-7-5-9-14(16(12)13)18(21)23/h4-9,15H,2-3,10-11H2,1H3. The Labute approximate surface area is 154 Å². The molecule has 0 spiro atoms. The molecule has 0 radical (unpaired) electrons. The lowest BCUT2D eigenvalue weighted by Crippen LogP contribution is -2.40. The molecule has 1 aliphatic heterocycles. The molecule has 2 aromatic carbocycles. The number of carbonyl (C=O) groups is 3. The van der Waals surface area contributed by atoms with Crippen LogP contribution in [0.4, 0.5) is 0 Å². The van der Waals surface area contributed by atoms with Gasteiger partial charge in [0.1, 0.15) is 4.83 Å². The van der Waals surface area contributed by atoms with Crippen LogP contribution in [0.2, 0.25) is 0 Å². The summed E-state index contributed by atoms with van der Waals surface area (Å²) in [6.45, 7) is 0.337. The highest BCUT2D eigenvalue weighted by Crippen LogP contribution is 2.30. The normalized spacial score (nSPS) is 14.7. The predicted molar refractivity (Wildman–Crippen MR) is 97.9 cm³/mol. The lowest BCUT2D eigenvalue weighted by atomic mass is 9.94. The van der Waals surface area contributed by atoms with Crippen LogP contribution in [0.15, 0.2) is 36.4 Å². The molecule has 3 rings (SSSR count). The largest absolute Gasteiger partial charge is 0.468 e. The Kier molecular flexibility index (Phi) is 5.18. The lowest BCUT2D eigenvalue weighted by Gasteiger charge is -2.27. The molecule has 25 heavy (non-hydrogen) atoms. The van der Waals surface area contributed by atoms with Gasteiger partial charge in [-0.15, -0.1) is 0 Å². The van der Waals surface area contributed by atoms with Gasteiger partial charge >= 0.3 is 5.97 Å². The maximum absolute atomic E-state index is 12.7. The first-order valence-corrected chi connectivity index (χ1v) is 9.06. The summed E-state index contributed by atoms with van der Waals surface area (Å²) in [5.41, 5.74) is 1.14. The van der Waals surface area contributed by atoms with Crippen LogP contribution in [0.25, 0.3) is 10.8 Å². The third-order valence-corrected chi connectivity index (χ3v) is 5.23. The van der Waals surface area contributed by atoms with E-state index in [0.717, 1.165) is 10.8 Å². The molecule has 0 aromatic heterocycles. The van der Waals surface area contributed by atoms with Gasteiger partial charge in [-0.05, 0) is 36.8 Å². The van der Waals surface area contributed by atoms with Crippen molar-refractivity contribution in [3.05, 3.63) is 47.5 Å². The van der Waals surface area contributed by atoms with Crippen LogP contribution in [-0.4, -0.2) is 41.2 Å². The number of carbonyl (C=O) groups excluding carboxylic acids is 3. The van der Waals surface area contributed by atoms with Gasteiger partial charge in [0.2, 0.25) is 0 Å². The van der Waals surface area contributed by atoms with E-state index < -0.39 is 0 Å². The summed E-state index contributed by atoms with van der Waals surface area (Å²) in [5.74, 6) is -0.818. The zero-order valence-electron chi connectivity index (χ0n) is 13.8. The van der Waals surface area contributed by atoms with Gasteiger partial charge in [0.25, 0.3) is 11.8 Å². The molecule has 2 amide bonds. The number of rotatable bonds is 6. The van der Waals surface area contributed by atoms with Crippen LogP contribution >= 0.6 is 15.9 Å². The first kappa shape index (κ1) is 17.6. The molecular formula is C19H18BrNO4. The smallest absolute Gasteiger partial charge is 0.319 e. The second-order valence-electron chi connectivity index (χ2n) is 5.96. The summed E-state index contributed by atoms with van der Waals surface area (Å²) in [5, 5.41) is 1.64. The van der Waals surface area contributed by atoms with E-state index in [1.165, 1.54) is 12.0 Å². The van der Waals surface area contributed by atoms with Gasteiger partial charge in [0, 0.05) is 23.1 Å². The molecule has 6 heteroatoms. The number of hydrogen-bond acceptors (Lipinski definition) is 4. The molecule has 0 saturated carbocycles. The van der Waals surface area contributed by atoms with Crippen molar-refractivity contribution in [3.8, 4) is 0 Å². The predicted octanol–water partition coefficient (Wildman–Crippen LogP) is 3.54. The minimum absolute atomic E-state index is 0.252. The Hall–Kier alpha value is -2.21. The van der Waals surface area contributed by atoms with Gasteiger partial charge in [-0.25, -0.2) is 0 Å². The van der Waals surface area contributed by atoms with Crippen LogP contribution < -0.4 is 0 Å². The van der Waals surface area contributed by atoms with E-state index in [2.05, 4.69) is 20.7 Å². The highest BCUT2D eigenvalue weighted by Gasteiger charge is 2.32. The average molecular weight is 404 g/mol. The van der Waals surface area contributed by atoms with Crippen molar-refractivity contribution in [1.29, 1.82) is 0 Å². The van der Waals surface area contributed by atoms with E-state index in [0.29, 0.717) is 36.9 Å². The lowest BCUT2D eigenvalue weighted by molar-refractivity contribution is -0.139. The molecule has 130 valence electrons. The molecule has 1 heterocycles. The van der Waals surface area contributed by atoms with E-state index in [9.17, 15) is 14.4 Å². The molecule has 1 atom stereocenters. The second-order valence-corrected chi connectivity index (χ2v) is 7.06. The minimum atomic E-state index is -0.361. The number of imide groups is 1. The summed E-state index contributed by atoms with van der Waals surface area (Å²) in [4.78, 5) is 37.7. The molecule has 0 fully saturated rings. The number of benzene rings is 2. The first-order valence-electron chi connectivity index (χ1n) is 8.14. The van der Waals surface area contributed by atoms with Crippen molar-refractivity contribution < 1.29 is 19.1 Å². The topological polar surface area (TPSA) is 63.7 Å². The summed E-state index contributed by atoms with van der Waals surface area (Å²) in [6.07, 6.45) is 1.93. The molecule has 1 unspecified atom stereocenters. The number of unbranched alkanes of at least 4 members (excludes halogenated alkanes) is 1. The van der Waals surface area contributed by atoms with E-state index >= 15 is 0 Å². The highest BCUT2D eigenvalue weighted by molar-refractivity contribution is 9.10. The molecule has 0 saturated heterocycles. The van der Waals surface area contributed by atoms with Crippen LogP contribution in [0, 0.1) is 0 Å². The van der Waals surface area contributed by atoms with Crippen LogP contribution in [-0.2, 0) is 9.53 Å². The van der Waals surface area contributed by atoms with Crippen LogP contribution in [0.1, 0.15) is 40.0 Å². The Morgan fingerprint density at radius 3 is 2.24 bits per heavy atom. The number of ether oxygens (including phenoxy) is 1. The second kappa shape index (κ2) is 7.35. The summed E-state index contributed by atoms with van der Waals surface area (Å²) in [6, 6.07) is 11.0. The van der Waals surface area contributed by atoms with Gasteiger partial charge in [-0.1, -0.05) is 40.2 Å². The Bertz CT molecular complexity index is 798. The van der Waals surface area contributed by atoms with Gasteiger partial charge < -0.3 is 4.74 Å². The third-order valence-electron chi connectivity index (χ3n) is 4.40. The van der Waals surface area contributed by atoms with Gasteiger partial charge in [-0.2, -0.15) is 0 Å². The zero-order chi connectivity index (χ0) is 18.0. The van der Waals surface area contributed by atoms with Crippen LogP contribution in [0.5, 0.6) is 0 Å². The number of hydrogen-bond donors (Lipinski definition) is 0. The van der Waals surface area contributed by atoms with Crippen molar-refractivity contribution >= 4 is 44.5 Å². The van der Waals surface area contributed by atoms with Gasteiger partial charge in [0.15, 0.2) is 0 Å². The zero-order valence-corrected chi connectivity index (χ0v) is 15.4. The van der Waals surface area contributed by atoms with Crippen molar-refractivity contribution in [2.24, 2.45) is 0 Å². The fraction of sp³-hybridized carbons (Fsp3) is 0.316. The Morgan fingerprint density at radius 2 is 1.68 bits per heavy atom. The molecule has 1 aliphatic rings. The number of alkyl halides is 1. The Morgan fingerprint density at radius 1 is 1.08 bits per heavy atom. The van der Waals surface area contributed by atoms with Gasteiger partial charge in [-0.3, -0.25) is 19.3 Å².